The molecule has 0 bridgehead atoms. The minimum atomic E-state index is -1.15. The molecule has 0 fully saturated rings. The van der Waals surface area contributed by atoms with Crippen molar-refractivity contribution in [3.63, 3.8) is 0 Å². The Kier molecular flexibility index (Phi) is 4.94. The first kappa shape index (κ1) is 13.8. The van der Waals surface area contributed by atoms with Crippen LogP contribution in [0.5, 0.6) is 5.75 Å². The highest BCUT2D eigenvalue weighted by Crippen LogP contribution is 2.24. The highest BCUT2D eigenvalue weighted by Gasteiger charge is 2.09. The fourth-order valence-electron chi connectivity index (χ4n) is 1.24. The van der Waals surface area contributed by atoms with Gasteiger partial charge in [-0.15, -0.1) is 0 Å². The van der Waals surface area contributed by atoms with Crippen LogP contribution in [0.3, 0.4) is 0 Å². The Morgan fingerprint density at radius 1 is 1.33 bits per heavy atom. The van der Waals surface area contributed by atoms with E-state index in [4.69, 9.17) is 10.8 Å². The number of carbonyl (C=O) groups is 2. The summed E-state index contributed by atoms with van der Waals surface area (Å²) in [5.41, 5.74) is 5.36. The van der Waals surface area contributed by atoms with E-state index in [-0.39, 0.29) is 17.0 Å². The van der Waals surface area contributed by atoms with Gasteiger partial charge in [-0.3, -0.25) is 0 Å². The Morgan fingerprint density at radius 2 is 2.06 bits per heavy atom. The molecule has 0 aliphatic carbocycles. The lowest BCUT2D eigenvalue weighted by molar-refractivity contribution is 0.0696. The second kappa shape index (κ2) is 6.45. The minimum absolute atomic E-state index is 0.0541. The first-order valence-electron chi connectivity index (χ1n) is 5.36. The number of rotatable bonds is 5. The molecule has 0 aliphatic heterocycles. The molecular weight excluding hydrogens is 238 g/mol. The number of carboxylic acid groups (broad SMARTS) is 1. The van der Waals surface area contributed by atoms with E-state index in [1.165, 1.54) is 12.1 Å². The van der Waals surface area contributed by atoms with Crippen LogP contribution >= 0.6 is 0 Å². The van der Waals surface area contributed by atoms with Crippen molar-refractivity contribution in [2.45, 2.75) is 6.42 Å². The summed E-state index contributed by atoms with van der Waals surface area (Å²) in [6, 6.07) is 3.19. The number of hydrogen-bond acceptors (Lipinski definition) is 4. The molecule has 0 radical (unpaired) electrons. The standard InChI is InChI=1S/C11H15N3O4/c12-4-1-5-13-11(18)14-8-3-2-7(10(16)17)6-9(8)15/h2-3,6,15H,1,4-5,12H2,(H,16,17)(H2,13,14,18). The van der Waals surface area contributed by atoms with Crippen LogP contribution in [-0.4, -0.2) is 35.3 Å². The topological polar surface area (TPSA) is 125 Å². The van der Waals surface area contributed by atoms with Crippen molar-refractivity contribution in [1.29, 1.82) is 0 Å². The number of urea groups is 1. The SMILES string of the molecule is NCCCNC(=O)Nc1ccc(C(=O)O)cc1O. The molecule has 1 rings (SSSR count). The van der Waals surface area contributed by atoms with Gasteiger partial charge >= 0.3 is 12.0 Å². The number of amides is 2. The van der Waals surface area contributed by atoms with Gasteiger partial charge in [0.25, 0.3) is 0 Å². The molecule has 0 saturated heterocycles. The van der Waals surface area contributed by atoms with Crippen molar-refractivity contribution in [2.75, 3.05) is 18.4 Å². The van der Waals surface area contributed by atoms with Crippen LogP contribution < -0.4 is 16.4 Å². The molecule has 0 aromatic heterocycles. The Bertz CT molecular complexity index is 448. The number of carboxylic acids is 1. The molecule has 0 atom stereocenters. The second-order valence-corrected chi connectivity index (χ2v) is 3.56. The van der Waals surface area contributed by atoms with Crippen molar-refractivity contribution >= 4 is 17.7 Å². The Morgan fingerprint density at radius 3 is 2.61 bits per heavy atom. The number of phenols is 1. The summed E-state index contributed by atoms with van der Waals surface area (Å²) in [4.78, 5) is 22.0. The van der Waals surface area contributed by atoms with Gasteiger partial charge in [-0.2, -0.15) is 0 Å². The highest BCUT2D eigenvalue weighted by molar-refractivity contribution is 5.93. The average Bonchev–Trinajstić information content (AvgIpc) is 2.32. The zero-order valence-corrected chi connectivity index (χ0v) is 9.64. The average molecular weight is 253 g/mol. The molecule has 1 aromatic carbocycles. The molecule has 18 heavy (non-hydrogen) atoms. The molecule has 2 amide bonds. The van der Waals surface area contributed by atoms with Crippen LogP contribution in [0.2, 0.25) is 0 Å². The number of nitrogens with one attached hydrogen (secondary N) is 2. The number of hydrogen-bond donors (Lipinski definition) is 5. The zero-order chi connectivity index (χ0) is 13.5. The molecule has 1 aromatic rings. The number of aromatic carboxylic acids is 1. The Labute approximate surface area is 104 Å². The molecule has 6 N–H and O–H groups in total. The van der Waals surface area contributed by atoms with E-state index < -0.39 is 12.0 Å². The molecule has 0 heterocycles. The van der Waals surface area contributed by atoms with Crippen LogP contribution in [0.15, 0.2) is 18.2 Å². The largest absolute Gasteiger partial charge is 0.506 e. The maximum atomic E-state index is 11.4. The van der Waals surface area contributed by atoms with E-state index in [0.29, 0.717) is 19.5 Å². The fourth-order valence-corrected chi connectivity index (χ4v) is 1.24. The molecule has 98 valence electrons. The summed E-state index contributed by atoms with van der Waals surface area (Å²) in [7, 11) is 0. The van der Waals surface area contributed by atoms with Crippen LogP contribution in [0, 0.1) is 0 Å². The van der Waals surface area contributed by atoms with Gasteiger partial charge in [-0.05, 0) is 31.2 Å². The molecule has 0 unspecified atom stereocenters. The summed E-state index contributed by atoms with van der Waals surface area (Å²) in [5.74, 6) is -1.45. The monoisotopic (exact) mass is 253 g/mol. The van der Waals surface area contributed by atoms with Crippen molar-refractivity contribution in [2.24, 2.45) is 5.73 Å². The summed E-state index contributed by atoms with van der Waals surface area (Å²) in [6.45, 7) is 0.898. The van der Waals surface area contributed by atoms with Gasteiger partial charge in [0, 0.05) is 6.54 Å². The minimum Gasteiger partial charge on any atom is -0.506 e. The number of phenolic OH excluding ortho intramolecular Hbond substituents is 1. The maximum absolute atomic E-state index is 11.4. The lowest BCUT2D eigenvalue weighted by atomic mass is 10.2. The summed E-state index contributed by atoms with van der Waals surface area (Å²) in [5, 5.41) is 23.2. The summed E-state index contributed by atoms with van der Waals surface area (Å²) in [6.07, 6.45) is 0.650. The van der Waals surface area contributed by atoms with Gasteiger partial charge in [0.05, 0.1) is 11.3 Å². The van der Waals surface area contributed by atoms with Gasteiger partial charge in [0.15, 0.2) is 0 Å². The van der Waals surface area contributed by atoms with Crippen LogP contribution in [0.4, 0.5) is 10.5 Å². The van der Waals surface area contributed by atoms with Gasteiger partial charge in [0.2, 0.25) is 0 Å². The third kappa shape index (κ3) is 3.95. The first-order chi connectivity index (χ1) is 8.54. The molecule has 7 nitrogen and oxygen atoms in total. The van der Waals surface area contributed by atoms with Crippen molar-refractivity contribution < 1.29 is 19.8 Å². The number of benzene rings is 1. The molecule has 0 saturated carbocycles. The predicted octanol–water partition coefficient (Wildman–Crippen LogP) is 0.561. The molecule has 0 aliphatic rings. The lowest BCUT2D eigenvalue weighted by Gasteiger charge is -2.09. The number of aromatic hydroxyl groups is 1. The van der Waals surface area contributed by atoms with Gasteiger partial charge in [-0.25, -0.2) is 9.59 Å². The van der Waals surface area contributed by atoms with E-state index in [9.17, 15) is 14.7 Å². The quantitative estimate of drug-likeness (QED) is 0.387. The Hall–Kier alpha value is -2.28. The van der Waals surface area contributed by atoms with E-state index in [2.05, 4.69) is 10.6 Å². The molecule has 7 heteroatoms. The fraction of sp³-hybridized carbons (Fsp3) is 0.273. The molecule has 0 spiro atoms. The van der Waals surface area contributed by atoms with E-state index in [1.807, 2.05) is 0 Å². The van der Waals surface area contributed by atoms with Gasteiger partial charge in [0.1, 0.15) is 5.75 Å². The van der Waals surface area contributed by atoms with Gasteiger partial charge < -0.3 is 26.6 Å². The Balaban J connectivity index is 2.62. The summed E-state index contributed by atoms with van der Waals surface area (Å²) >= 11 is 0. The smallest absolute Gasteiger partial charge is 0.335 e. The first-order valence-corrected chi connectivity index (χ1v) is 5.36. The summed E-state index contributed by atoms with van der Waals surface area (Å²) < 4.78 is 0. The van der Waals surface area contributed by atoms with Crippen molar-refractivity contribution in [1.82, 2.24) is 5.32 Å². The van der Waals surface area contributed by atoms with Crippen LogP contribution in [-0.2, 0) is 0 Å². The number of carbonyl (C=O) groups excluding carboxylic acids is 1. The molecular formula is C11H15N3O4. The van der Waals surface area contributed by atoms with E-state index in [0.717, 1.165) is 6.07 Å². The zero-order valence-electron chi connectivity index (χ0n) is 9.64. The van der Waals surface area contributed by atoms with Crippen molar-refractivity contribution in [3.8, 4) is 5.75 Å². The van der Waals surface area contributed by atoms with Crippen LogP contribution in [0.25, 0.3) is 0 Å². The van der Waals surface area contributed by atoms with E-state index in [1.54, 1.807) is 0 Å². The maximum Gasteiger partial charge on any atom is 0.335 e. The second-order valence-electron chi connectivity index (χ2n) is 3.56. The van der Waals surface area contributed by atoms with E-state index >= 15 is 0 Å². The highest BCUT2D eigenvalue weighted by atomic mass is 16.4. The van der Waals surface area contributed by atoms with Gasteiger partial charge in [-0.1, -0.05) is 0 Å². The third-order valence-corrected chi connectivity index (χ3v) is 2.16. The normalized spacial score (nSPS) is 9.83. The number of nitrogens with two attached hydrogens (primary N) is 1. The van der Waals surface area contributed by atoms with Crippen LogP contribution in [0.1, 0.15) is 16.8 Å². The lowest BCUT2D eigenvalue weighted by Crippen LogP contribution is -2.30. The third-order valence-electron chi connectivity index (χ3n) is 2.16. The van der Waals surface area contributed by atoms with Crippen molar-refractivity contribution in [3.05, 3.63) is 23.8 Å². The predicted molar refractivity (Wildman–Crippen MR) is 65.8 cm³/mol. The number of anilines is 1.